The van der Waals surface area contributed by atoms with Crippen molar-refractivity contribution in [2.24, 2.45) is 5.92 Å². The Morgan fingerprint density at radius 2 is 2.30 bits per heavy atom. The van der Waals surface area contributed by atoms with Crippen molar-refractivity contribution in [3.63, 3.8) is 0 Å². The summed E-state index contributed by atoms with van der Waals surface area (Å²) in [5.74, 6) is -1.65. The van der Waals surface area contributed by atoms with Gasteiger partial charge in [0.25, 0.3) is 5.91 Å². The number of nitrogens with one attached hydrogen (secondary N) is 1. The van der Waals surface area contributed by atoms with Gasteiger partial charge in [-0.2, -0.15) is 0 Å². The molecule has 0 bridgehead atoms. The second kappa shape index (κ2) is 6.81. The number of carboxylic acids is 1. The van der Waals surface area contributed by atoms with Crippen LogP contribution in [0.2, 0.25) is 0 Å². The number of furan rings is 1. The smallest absolute Gasteiger partial charge is 0.326 e. The lowest BCUT2D eigenvalue weighted by atomic mass is 9.93. The first-order valence-electron chi connectivity index (χ1n) is 6.37. The van der Waals surface area contributed by atoms with E-state index in [9.17, 15) is 14.7 Å². The molecule has 1 fully saturated rings. The number of hydrogen-bond acceptors (Lipinski definition) is 5. The van der Waals surface area contributed by atoms with E-state index >= 15 is 0 Å². The number of carbonyl (C=O) groups is 2. The summed E-state index contributed by atoms with van der Waals surface area (Å²) in [7, 11) is 0. The fourth-order valence-corrected chi connectivity index (χ4v) is 2.55. The molecule has 0 aliphatic carbocycles. The Bertz CT molecular complexity index is 481. The summed E-state index contributed by atoms with van der Waals surface area (Å²) in [6.07, 6.45) is 3.37. The molecule has 0 spiro atoms. The molecule has 0 saturated carbocycles. The molecular weight excluding hydrogens is 282 g/mol. The van der Waals surface area contributed by atoms with Gasteiger partial charge in [-0.1, -0.05) is 11.8 Å². The van der Waals surface area contributed by atoms with Crippen LogP contribution in [0, 0.1) is 5.92 Å². The lowest BCUT2D eigenvalue weighted by Gasteiger charge is -2.27. The molecule has 1 amide bonds. The third-order valence-electron chi connectivity index (χ3n) is 3.23. The van der Waals surface area contributed by atoms with Crippen LogP contribution in [0.1, 0.15) is 23.4 Å². The lowest BCUT2D eigenvalue weighted by molar-refractivity contribution is -0.142. The molecule has 2 atom stereocenters. The van der Waals surface area contributed by atoms with E-state index in [1.807, 2.05) is 6.26 Å². The second-order valence-electron chi connectivity index (χ2n) is 4.59. The van der Waals surface area contributed by atoms with Crippen LogP contribution in [0.4, 0.5) is 0 Å². The summed E-state index contributed by atoms with van der Waals surface area (Å²) in [6, 6.07) is 2.27. The first kappa shape index (κ1) is 14.9. The first-order chi connectivity index (χ1) is 9.61. The van der Waals surface area contributed by atoms with Crippen LogP contribution in [0.5, 0.6) is 0 Å². The molecule has 20 heavy (non-hydrogen) atoms. The van der Waals surface area contributed by atoms with Crippen molar-refractivity contribution < 1.29 is 23.8 Å². The molecule has 7 heteroatoms. The van der Waals surface area contributed by atoms with Gasteiger partial charge in [0.15, 0.2) is 10.9 Å². The van der Waals surface area contributed by atoms with E-state index in [2.05, 4.69) is 5.32 Å². The Hall–Kier alpha value is -1.47. The van der Waals surface area contributed by atoms with Crippen LogP contribution in [0.15, 0.2) is 21.6 Å². The highest BCUT2D eigenvalue weighted by Crippen LogP contribution is 2.20. The Kier molecular flexibility index (Phi) is 5.08. The molecule has 2 rings (SSSR count). The maximum Gasteiger partial charge on any atom is 0.326 e. The average molecular weight is 299 g/mol. The maximum absolute atomic E-state index is 12.0. The first-order valence-corrected chi connectivity index (χ1v) is 7.59. The number of ether oxygens (including phenoxy) is 1. The van der Waals surface area contributed by atoms with Crippen LogP contribution >= 0.6 is 11.8 Å². The van der Waals surface area contributed by atoms with Gasteiger partial charge in [0.2, 0.25) is 0 Å². The molecule has 2 N–H and O–H groups in total. The topological polar surface area (TPSA) is 88.8 Å². The molecule has 6 nitrogen and oxygen atoms in total. The van der Waals surface area contributed by atoms with Crippen LogP contribution in [0.25, 0.3) is 0 Å². The molecule has 110 valence electrons. The van der Waals surface area contributed by atoms with E-state index in [0.717, 1.165) is 12.8 Å². The summed E-state index contributed by atoms with van der Waals surface area (Å²) < 4.78 is 10.6. The summed E-state index contributed by atoms with van der Waals surface area (Å²) in [4.78, 5) is 23.3. The normalized spacial score (nSPS) is 20.4. The van der Waals surface area contributed by atoms with Gasteiger partial charge in [0.05, 0.1) is 6.61 Å². The van der Waals surface area contributed by atoms with Gasteiger partial charge in [-0.15, -0.1) is 0 Å². The minimum atomic E-state index is -1.05. The van der Waals surface area contributed by atoms with E-state index in [1.54, 1.807) is 6.07 Å². The number of carbonyl (C=O) groups excluding carboxylic acids is 1. The summed E-state index contributed by atoms with van der Waals surface area (Å²) in [6.45, 7) is 0.998. The molecule has 1 aromatic heterocycles. The highest BCUT2D eigenvalue weighted by molar-refractivity contribution is 7.98. The number of hydrogen-bond donors (Lipinski definition) is 2. The molecule has 0 aromatic carbocycles. The molecule has 0 radical (unpaired) electrons. The van der Waals surface area contributed by atoms with Crippen molar-refractivity contribution in [3.8, 4) is 0 Å². The minimum absolute atomic E-state index is 0.123. The quantitative estimate of drug-likeness (QED) is 0.803. The fourth-order valence-electron chi connectivity index (χ4n) is 2.17. The third-order valence-corrected chi connectivity index (χ3v) is 3.85. The minimum Gasteiger partial charge on any atom is -0.480 e. The average Bonchev–Trinajstić information content (AvgIpc) is 2.94. The summed E-state index contributed by atoms with van der Waals surface area (Å²) in [5, 5.41) is 12.4. The number of thioether (sulfide) groups is 1. The zero-order valence-corrected chi connectivity index (χ0v) is 11.9. The Labute approximate surface area is 120 Å². The predicted molar refractivity (Wildman–Crippen MR) is 72.9 cm³/mol. The molecule has 1 aromatic rings. The monoisotopic (exact) mass is 299 g/mol. The van der Waals surface area contributed by atoms with Crippen molar-refractivity contribution >= 4 is 23.6 Å². The lowest BCUT2D eigenvalue weighted by Crippen LogP contribution is -2.48. The molecular formula is C13H17NO5S. The Balaban J connectivity index is 2.03. The molecule has 2 heterocycles. The second-order valence-corrected chi connectivity index (χ2v) is 5.40. The molecule has 1 aliphatic rings. The SMILES string of the molecule is CSc1ccc(C(=O)NC(C(=O)O)C2CCCOC2)o1. The van der Waals surface area contributed by atoms with Gasteiger partial charge in [-0.05, 0) is 31.2 Å². The van der Waals surface area contributed by atoms with Crippen LogP contribution in [0.3, 0.4) is 0 Å². The summed E-state index contributed by atoms with van der Waals surface area (Å²) in [5.41, 5.74) is 0. The number of amides is 1. The number of aliphatic carboxylic acids is 1. The van der Waals surface area contributed by atoms with Crippen molar-refractivity contribution in [1.82, 2.24) is 5.32 Å². The van der Waals surface area contributed by atoms with Gasteiger partial charge in [-0.25, -0.2) is 4.79 Å². The van der Waals surface area contributed by atoms with Gasteiger partial charge in [0.1, 0.15) is 6.04 Å². The molecule has 1 aliphatic heterocycles. The third kappa shape index (κ3) is 3.55. The van der Waals surface area contributed by atoms with Crippen molar-refractivity contribution in [3.05, 3.63) is 17.9 Å². The fraction of sp³-hybridized carbons (Fsp3) is 0.538. The standard InChI is InChI=1S/C13H17NO5S/c1-20-10-5-4-9(19-10)12(15)14-11(13(16)17)8-3-2-6-18-7-8/h4-5,8,11H,2-3,6-7H2,1H3,(H,14,15)(H,16,17). The van der Waals surface area contributed by atoms with Crippen LogP contribution in [-0.4, -0.2) is 42.5 Å². The van der Waals surface area contributed by atoms with E-state index in [0.29, 0.717) is 18.3 Å². The highest BCUT2D eigenvalue weighted by atomic mass is 32.2. The number of carboxylic acid groups (broad SMARTS) is 1. The van der Waals surface area contributed by atoms with Gasteiger partial charge >= 0.3 is 5.97 Å². The van der Waals surface area contributed by atoms with Crippen molar-refractivity contribution in [2.75, 3.05) is 19.5 Å². The summed E-state index contributed by atoms with van der Waals surface area (Å²) >= 11 is 1.38. The largest absolute Gasteiger partial charge is 0.480 e. The van der Waals surface area contributed by atoms with E-state index in [1.165, 1.54) is 17.8 Å². The molecule has 2 unspecified atom stereocenters. The highest BCUT2D eigenvalue weighted by Gasteiger charge is 2.32. The van der Waals surface area contributed by atoms with Crippen LogP contribution < -0.4 is 5.32 Å². The van der Waals surface area contributed by atoms with Crippen molar-refractivity contribution in [1.29, 1.82) is 0 Å². The predicted octanol–water partition coefficient (Wildman–Crippen LogP) is 1.61. The maximum atomic E-state index is 12.0. The van der Waals surface area contributed by atoms with E-state index < -0.39 is 17.9 Å². The van der Waals surface area contributed by atoms with Crippen molar-refractivity contribution in [2.45, 2.75) is 24.0 Å². The van der Waals surface area contributed by atoms with Gasteiger partial charge in [0, 0.05) is 12.5 Å². The number of rotatable bonds is 5. The zero-order chi connectivity index (χ0) is 14.5. The van der Waals surface area contributed by atoms with E-state index in [-0.39, 0.29) is 11.7 Å². The Morgan fingerprint density at radius 3 is 2.85 bits per heavy atom. The van der Waals surface area contributed by atoms with E-state index in [4.69, 9.17) is 9.15 Å². The molecule has 1 saturated heterocycles. The Morgan fingerprint density at radius 1 is 1.50 bits per heavy atom. The zero-order valence-electron chi connectivity index (χ0n) is 11.1. The van der Waals surface area contributed by atoms with Gasteiger partial charge in [-0.3, -0.25) is 4.79 Å². The van der Waals surface area contributed by atoms with Crippen LogP contribution in [-0.2, 0) is 9.53 Å². The van der Waals surface area contributed by atoms with Gasteiger partial charge < -0.3 is 19.6 Å².